The second kappa shape index (κ2) is 5.82. The molecule has 0 aromatic heterocycles. The van der Waals surface area contributed by atoms with E-state index in [9.17, 15) is 18.0 Å². The SMILES string of the molecule is CC1(C)OC(=O)c2c(OC(F)(F)F)ccc(OCB(O)O)c2O1. The van der Waals surface area contributed by atoms with Crippen LogP contribution in [0.1, 0.15) is 24.2 Å². The fraction of sp³-hybridized carbons (Fsp3) is 0.417. The molecule has 0 aliphatic carbocycles. The number of hydrogen-bond acceptors (Lipinski definition) is 7. The largest absolute Gasteiger partial charge is 0.573 e. The van der Waals surface area contributed by atoms with E-state index in [0.717, 1.165) is 12.1 Å². The number of halogens is 3. The zero-order chi connectivity index (χ0) is 17.4. The molecule has 23 heavy (non-hydrogen) atoms. The van der Waals surface area contributed by atoms with Crippen molar-refractivity contribution in [2.75, 3.05) is 6.51 Å². The molecular formula is C12H12BF3O7. The van der Waals surface area contributed by atoms with Crippen LogP contribution >= 0.6 is 0 Å². The van der Waals surface area contributed by atoms with Crippen LogP contribution in [-0.2, 0) is 4.74 Å². The summed E-state index contributed by atoms with van der Waals surface area (Å²) in [5.41, 5.74) is -0.605. The number of esters is 1. The molecule has 1 aromatic rings. The number of fused-ring (bicyclic) bond motifs is 1. The van der Waals surface area contributed by atoms with Gasteiger partial charge in [-0.15, -0.1) is 13.2 Å². The molecule has 126 valence electrons. The number of carbonyl (C=O) groups is 1. The van der Waals surface area contributed by atoms with Crippen LogP contribution < -0.4 is 14.2 Å². The molecule has 1 aromatic carbocycles. The minimum atomic E-state index is -5.02. The van der Waals surface area contributed by atoms with Crippen molar-refractivity contribution in [3.8, 4) is 17.2 Å². The van der Waals surface area contributed by atoms with Crippen LogP contribution in [0.5, 0.6) is 17.2 Å². The number of rotatable bonds is 4. The van der Waals surface area contributed by atoms with Crippen LogP contribution in [0.25, 0.3) is 0 Å². The van der Waals surface area contributed by atoms with Gasteiger partial charge in [-0.2, -0.15) is 0 Å². The van der Waals surface area contributed by atoms with Crippen LogP contribution in [-0.4, -0.2) is 41.8 Å². The highest BCUT2D eigenvalue weighted by molar-refractivity contribution is 6.40. The average Bonchev–Trinajstić information content (AvgIpc) is 2.33. The summed E-state index contributed by atoms with van der Waals surface area (Å²) in [6.07, 6.45) is -5.02. The summed E-state index contributed by atoms with van der Waals surface area (Å²) in [5, 5.41) is 17.6. The Morgan fingerprint density at radius 2 is 1.83 bits per heavy atom. The van der Waals surface area contributed by atoms with Gasteiger partial charge in [-0.3, -0.25) is 0 Å². The highest BCUT2D eigenvalue weighted by Crippen LogP contribution is 2.44. The van der Waals surface area contributed by atoms with Gasteiger partial charge in [-0.25, -0.2) is 4.79 Å². The highest BCUT2D eigenvalue weighted by atomic mass is 19.4. The highest BCUT2D eigenvalue weighted by Gasteiger charge is 2.41. The third-order valence-corrected chi connectivity index (χ3v) is 2.59. The Hall–Kier alpha value is -2.14. The van der Waals surface area contributed by atoms with Gasteiger partial charge in [0.2, 0.25) is 5.79 Å². The van der Waals surface area contributed by atoms with E-state index in [1.807, 2.05) is 0 Å². The summed E-state index contributed by atoms with van der Waals surface area (Å²) in [4.78, 5) is 12.0. The first-order valence-corrected chi connectivity index (χ1v) is 6.32. The van der Waals surface area contributed by atoms with Crippen molar-refractivity contribution in [1.29, 1.82) is 0 Å². The zero-order valence-corrected chi connectivity index (χ0v) is 12.0. The lowest BCUT2D eigenvalue weighted by atomic mass is 9.95. The number of hydrogen-bond donors (Lipinski definition) is 2. The number of benzene rings is 1. The van der Waals surface area contributed by atoms with Crippen LogP contribution in [0.3, 0.4) is 0 Å². The van der Waals surface area contributed by atoms with Gasteiger partial charge in [0.1, 0.15) is 17.8 Å². The lowest BCUT2D eigenvalue weighted by molar-refractivity contribution is -0.275. The number of alkyl halides is 3. The van der Waals surface area contributed by atoms with Gasteiger partial charge in [-0.05, 0) is 12.1 Å². The number of cyclic esters (lactones) is 1. The van der Waals surface area contributed by atoms with E-state index in [1.165, 1.54) is 13.8 Å². The predicted octanol–water partition coefficient (Wildman–Crippen LogP) is 1.26. The third-order valence-electron chi connectivity index (χ3n) is 2.59. The Morgan fingerprint density at radius 1 is 1.22 bits per heavy atom. The molecule has 11 heteroatoms. The van der Waals surface area contributed by atoms with Crippen molar-refractivity contribution < 1.29 is 47.0 Å². The number of carbonyl (C=O) groups excluding carboxylic acids is 1. The molecule has 0 spiro atoms. The molecule has 0 atom stereocenters. The molecule has 0 unspecified atom stereocenters. The average molecular weight is 336 g/mol. The first-order chi connectivity index (χ1) is 10.5. The van der Waals surface area contributed by atoms with E-state index in [2.05, 4.69) is 4.74 Å². The minimum Gasteiger partial charge on any atom is -0.492 e. The van der Waals surface area contributed by atoms with Gasteiger partial charge in [0.05, 0.1) is 0 Å². The maximum absolute atomic E-state index is 12.4. The molecule has 0 bridgehead atoms. The minimum absolute atomic E-state index is 0.160. The second-order valence-corrected chi connectivity index (χ2v) is 5.00. The Balaban J connectivity index is 2.49. The van der Waals surface area contributed by atoms with E-state index in [-0.39, 0.29) is 11.5 Å². The summed E-state index contributed by atoms with van der Waals surface area (Å²) in [7, 11) is -1.82. The number of ether oxygens (including phenoxy) is 4. The van der Waals surface area contributed by atoms with E-state index in [0.29, 0.717) is 0 Å². The van der Waals surface area contributed by atoms with Crippen LogP contribution in [0.2, 0.25) is 0 Å². The summed E-state index contributed by atoms with van der Waals surface area (Å²) in [6.45, 7) is 2.16. The standard InChI is InChI=1S/C12H12BF3O7/c1-11(2)22-9-7(20-5-13(18)19)4-3-6(21-12(14,15)16)8(9)10(17)23-11/h3-4,18-19H,5H2,1-2H3. The predicted molar refractivity (Wildman–Crippen MR) is 68.9 cm³/mol. The Kier molecular flexibility index (Phi) is 4.35. The van der Waals surface area contributed by atoms with Crippen molar-refractivity contribution in [3.63, 3.8) is 0 Å². The Labute approximate surface area is 128 Å². The first-order valence-electron chi connectivity index (χ1n) is 6.32. The molecule has 1 aliphatic heterocycles. The lowest BCUT2D eigenvalue weighted by Crippen LogP contribution is -2.39. The lowest BCUT2D eigenvalue weighted by Gasteiger charge is -2.33. The summed E-state index contributed by atoms with van der Waals surface area (Å²) in [5.74, 6) is -3.85. The molecule has 0 fully saturated rings. The van der Waals surface area contributed by atoms with Crippen molar-refractivity contribution in [2.45, 2.75) is 26.0 Å². The normalized spacial score (nSPS) is 16.0. The maximum atomic E-state index is 12.4. The van der Waals surface area contributed by atoms with Crippen molar-refractivity contribution in [2.24, 2.45) is 0 Å². The summed E-state index contributed by atoms with van der Waals surface area (Å²) >= 11 is 0. The zero-order valence-electron chi connectivity index (χ0n) is 12.0. The van der Waals surface area contributed by atoms with Gasteiger partial charge >= 0.3 is 19.5 Å². The fourth-order valence-corrected chi connectivity index (χ4v) is 1.87. The molecule has 0 saturated carbocycles. The Bertz CT molecular complexity index is 615. The second-order valence-electron chi connectivity index (χ2n) is 5.00. The van der Waals surface area contributed by atoms with Crippen LogP contribution in [0.15, 0.2) is 12.1 Å². The summed E-state index contributed by atoms with van der Waals surface area (Å²) < 4.78 is 56.3. The topological polar surface area (TPSA) is 94.5 Å². The fourth-order valence-electron chi connectivity index (χ4n) is 1.87. The molecule has 0 radical (unpaired) electrons. The summed E-state index contributed by atoms with van der Waals surface area (Å²) in [6, 6.07) is 1.89. The molecule has 1 aliphatic rings. The molecule has 1 heterocycles. The van der Waals surface area contributed by atoms with Crippen LogP contribution in [0.4, 0.5) is 13.2 Å². The van der Waals surface area contributed by atoms with Gasteiger partial charge in [0, 0.05) is 13.8 Å². The van der Waals surface area contributed by atoms with E-state index in [1.54, 1.807) is 0 Å². The molecule has 7 nitrogen and oxygen atoms in total. The van der Waals surface area contributed by atoms with Crippen molar-refractivity contribution >= 4 is 13.1 Å². The van der Waals surface area contributed by atoms with E-state index in [4.69, 9.17) is 24.3 Å². The van der Waals surface area contributed by atoms with Crippen LogP contribution in [0, 0.1) is 0 Å². The van der Waals surface area contributed by atoms with Gasteiger partial charge < -0.3 is 29.0 Å². The quantitative estimate of drug-likeness (QED) is 0.631. The molecule has 2 rings (SSSR count). The molecule has 0 amide bonds. The Morgan fingerprint density at radius 3 is 2.39 bits per heavy atom. The maximum Gasteiger partial charge on any atom is 0.573 e. The monoisotopic (exact) mass is 336 g/mol. The van der Waals surface area contributed by atoms with Gasteiger partial charge in [-0.1, -0.05) is 0 Å². The third kappa shape index (κ3) is 4.20. The molecule has 0 saturated heterocycles. The molecule has 2 N–H and O–H groups in total. The first kappa shape index (κ1) is 17.2. The smallest absolute Gasteiger partial charge is 0.492 e. The van der Waals surface area contributed by atoms with Crippen molar-refractivity contribution in [1.82, 2.24) is 0 Å². The van der Waals surface area contributed by atoms with E-state index < -0.39 is 43.1 Å². The molecular weight excluding hydrogens is 324 g/mol. The van der Waals surface area contributed by atoms with Crippen molar-refractivity contribution in [3.05, 3.63) is 17.7 Å². The van der Waals surface area contributed by atoms with Gasteiger partial charge in [0.25, 0.3) is 0 Å². The van der Waals surface area contributed by atoms with Gasteiger partial charge in [0.15, 0.2) is 11.5 Å². The van der Waals surface area contributed by atoms with E-state index >= 15 is 0 Å².